The predicted molar refractivity (Wildman–Crippen MR) is 72.0 cm³/mol. The van der Waals surface area contributed by atoms with Crippen LogP contribution in [-0.4, -0.2) is 26.1 Å². The van der Waals surface area contributed by atoms with Crippen molar-refractivity contribution < 1.29 is 0 Å². The Balaban J connectivity index is 2.43. The maximum absolute atomic E-state index is 5.52. The van der Waals surface area contributed by atoms with Gasteiger partial charge in [-0.2, -0.15) is 0 Å². The van der Waals surface area contributed by atoms with Crippen LogP contribution in [0.25, 0.3) is 0 Å². The summed E-state index contributed by atoms with van der Waals surface area (Å²) in [6.07, 6.45) is 8.72. The molecular formula is C13H18N2Si. The third-order valence-corrected chi connectivity index (χ3v) is 5.04. The molecule has 2 heterocycles. The van der Waals surface area contributed by atoms with Crippen molar-refractivity contribution in [3.8, 4) is 12.3 Å². The molecule has 0 N–H and O–H groups in total. The predicted octanol–water partition coefficient (Wildman–Crippen LogP) is 1.82. The highest BCUT2D eigenvalue weighted by Crippen LogP contribution is 2.20. The molecule has 0 aliphatic carbocycles. The Bertz CT molecular complexity index is 436. The zero-order valence-electron chi connectivity index (χ0n) is 10.2. The van der Waals surface area contributed by atoms with Gasteiger partial charge in [0.15, 0.2) is 0 Å². The average molecular weight is 230 g/mol. The van der Waals surface area contributed by atoms with Gasteiger partial charge in [0.25, 0.3) is 0 Å². The number of hydrogen-bond acceptors (Lipinski definition) is 2. The fraction of sp³-hybridized carbons (Fsp3) is 0.462. The maximum Gasteiger partial charge on any atom is 0.112 e. The standard InChI is InChI=1S/C13H18N2Si/c1-5-12-13(16(2,3)4)9-11(10-14-12)15-7-6-8-15/h1,9-10H,6-8H2,2-4H3. The Kier molecular flexibility index (Phi) is 2.77. The summed E-state index contributed by atoms with van der Waals surface area (Å²) in [4.78, 5) is 6.78. The number of terminal acetylenes is 1. The van der Waals surface area contributed by atoms with Crippen LogP contribution in [0.1, 0.15) is 12.1 Å². The first-order valence-corrected chi connectivity index (χ1v) is 9.24. The van der Waals surface area contributed by atoms with Crippen LogP contribution in [0.3, 0.4) is 0 Å². The molecule has 1 aromatic rings. The van der Waals surface area contributed by atoms with Gasteiger partial charge in [-0.15, -0.1) is 6.42 Å². The fourth-order valence-corrected chi connectivity index (χ4v) is 3.32. The lowest BCUT2D eigenvalue weighted by Gasteiger charge is -2.34. The molecule has 0 saturated carbocycles. The van der Waals surface area contributed by atoms with Crippen molar-refractivity contribution in [1.82, 2.24) is 4.98 Å². The van der Waals surface area contributed by atoms with Crippen molar-refractivity contribution in [3.63, 3.8) is 0 Å². The number of aromatic nitrogens is 1. The van der Waals surface area contributed by atoms with Crippen molar-refractivity contribution in [2.75, 3.05) is 18.0 Å². The summed E-state index contributed by atoms with van der Waals surface area (Å²) in [5, 5.41) is 1.31. The van der Waals surface area contributed by atoms with Crippen molar-refractivity contribution in [2.24, 2.45) is 0 Å². The molecule has 1 fully saturated rings. The minimum Gasteiger partial charge on any atom is -0.370 e. The molecule has 0 bridgehead atoms. The van der Waals surface area contributed by atoms with E-state index < -0.39 is 8.07 Å². The third kappa shape index (κ3) is 1.98. The molecule has 1 saturated heterocycles. The Hall–Kier alpha value is -1.27. The highest BCUT2D eigenvalue weighted by Gasteiger charge is 2.23. The second-order valence-corrected chi connectivity index (χ2v) is 10.4. The molecule has 0 spiro atoms. The lowest BCUT2D eigenvalue weighted by atomic mass is 10.2. The van der Waals surface area contributed by atoms with Gasteiger partial charge in [-0.1, -0.05) is 25.6 Å². The maximum atomic E-state index is 5.52. The summed E-state index contributed by atoms with van der Waals surface area (Å²) in [6.45, 7) is 9.24. The Morgan fingerprint density at radius 2 is 2.06 bits per heavy atom. The zero-order valence-corrected chi connectivity index (χ0v) is 11.2. The van der Waals surface area contributed by atoms with Crippen molar-refractivity contribution in [3.05, 3.63) is 18.0 Å². The number of anilines is 1. The molecule has 84 valence electrons. The molecule has 2 nitrogen and oxygen atoms in total. The van der Waals surface area contributed by atoms with Gasteiger partial charge in [0.05, 0.1) is 20.0 Å². The van der Waals surface area contributed by atoms with Crippen molar-refractivity contribution in [1.29, 1.82) is 0 Å². The van der Waals surface area contributed by atoms with Crippen LogP contribution in [0.15, 0.2) is 12.3 Å². The lowest BCUT2D eigenvalue weighted by molar-refractivity contribution is 0.617. The highest BCUT2D eigenvalue weighted by molar-refractivity contribution is 6.89. The van der Waals surface area contributed by atoms with E-state index in [4.69, 9.17) is 6.42 Å². The Morgan fingerprint density at radius 1 is 1.38 bits per heavy atom. The quantitative estimate of drug-likeness (QED) is 0.569. The molecule has 0 radical (unpaired) electrons. The first-order chi connectivity index (χ1) is 7.52. The second kappa shape index (κ2) is 3.95. The number of rotatable bonds is 2. The molecule has 0 amide bonds. The minimum absolute atomic E-state index is 0.837. The average Bonchev–Trinajstić information content (AvgIpc) is 2.13. The summed E-state index contributed by atoms with van der Waals surface area (Å²) in [7, 11) is -1.40. The van der Waals surface area contributed by atoms with Crippen LogP contribution >= 0.6 is 0 Å². The molecule has 1 aliphatic rings. The number of nitrogens with zero attached hydrogens (tertiary/aromatic N) is 2. The summed E-state index contributed by atoms with van der Waals surface area (Å²) in [5.41, 5.74) is 2.08. The van der Waals surface area contributed by atoms with Crippen LogP contribution in [0.2, 0.25) is 19.6 Å². The summed E-state index contributed by atoms with van der Waals surface area (Å²) in [5.74, 6) is 2.71. The van der Waals surface area contributed by atoms with E-state index in [1.54, 1.807) is 0 Å². The van der Waals surface area contributed by atoms with Crippen molar-refractivity contribution >= 4 is 18.9 Å². The molecular weight excluding hydrogens is 212 g/mol. The van der Waals surface area contributed by atoms with E-state index in [1.807, 2.05) is 6.20 Å². The summed E-state index contributed by atoms with van der Waals surface area (Å²) >= 11 is 0. The number of pyridine rings is 1. The van der Waals surface area contributed by atoms with E-state index in [0.717, 1.165) is 18.8 Å². The van der Waals surface area contributed by atoms with E-state index >= 15 is 0 Å². The van der Waals surface area contributed by atoms with Gasteiger partial charge in [0.1, 0.15) is 5.69 Å². The van der Waals surface area contributed by atoms with Gasteiger partial charge < -0.3 is 4.90 Å². The van der Waals surface area contributed by atoms with Crippen LogP contribution in [0.5, 0.6) is 0 Å². The topological polar surface area (TPSA) is 16.1 Å². The first kappa shape index (κ1) is 11.2. The second-order valence-electron chi connectivity index (χ2n) is 5.32. The molecule has 16 heavy (non-hydrogen) atoms. The van der Waals surface area contributed by atoms with Crippen molar-refractivity contribution in [2.45, 2.75) is 26.1 Å². The van der Waals surface area contributed by atoms with Gasteiger partial charge in [-0.25, -0.2) is 4.98 Å². The van der Waals surface area contributed by atoms with Gasteiger partial charge in [0, 0.05) is 13.1 Å². The molecule has 0 atom stereocenters. The van der Waals surface area contributed by atoms with Gasteiger partial charge in [-0.3, -0.25) is 0 Å². The van der Waals surface area contributed by atoms with E-state index in [-0.39, 0.29) is 0 Å². The first-order valence-electron chi connectivity index (χ1n) is 5.74. The van der Waals surface area contributed by atoms with Gasteiger partial charge >= 0.3 is 0 Å². The van der Waals surface area contributed by atoms with E-state index in [9.17, 15) is 0 Å². The smallest absolute Gasteiger partial charge is 0.112 e. The monoisotopic (exact) mass is 230 g/mol. The number of hydrogen-bond donors (Lipinski definition) is 0. The van der Waals surface area contributed by atoms with Crippen LogP contribution in [0, 0.1) is 12.3 Å². The normalized spacial score (nSPS) is 15.5. The van der Waals surface area contributed by atoms with E-state index in [0.29, 0.717) is 0 Å². The molecule has 1 aromatic heterocycles. The van der Waals surface area contributed by atoms with Crippen LogP contribution in [-0.2, 0) is 0 Å². The fourth-order valence-electron chi connectivity index (χ4n) is 1.89. The Morgan fingerprint density at radius 3 is 2.50 bits per heavy atom. The third-order valence-electron chi connectivity index (χ3n) is 3.04. The molecule has 0 unspecified atom stereocenters. The van der Waals surface area contributed by atoms with Gasteiger partial charge in [-0.05, 0) is 17.7 Å². The van der Waals surface area contributed by atoms with E-state index in [2.05, 4.69) is 41.5 Å². The summed E-state index contributed by atoms with van der Waals surface area (Å²) in [6, 6.07) is 2.26. The molecule has 0 aromatic carbocycles. The SMILES string of the molecule is C#Cc1ncc(N2CCC2)cc1[Si](C)(C)C. The highest BCUT2D eigenvalue weighted by atomic mass is 28.3. The van der Waals surface area contributed by atoms with Crippen LogP contribution < -0.4 is 10.1 Å². The molecule has 2 rings (SSSR count). The van der Waals surface area contributed by atoms with E-state index in [1.165, 1.54) is 17.3 Å². The van der Waals surface area contributed by atoms with Gasteiger partial charge in [0.2, 0.25) is 0 Å². The lowest BCUT2D eigenvalue weighted by Crippen LogP contribution is -2.43. The molecule has 3 heteroatoms. The minimum atomic E-state index is -1.40. The summed E-state index contributed by atoms with van der Waals surface area (Å²) < 4.78 is 0. The zero-order chi connectivity index (χ0) is 11.8. The largest absolute Gasteiger partial charge is 0.370 e. The van der Waals surface area contributed by atoms with Crippen LogP contribution in [0.4, 0.5) is 5.69 Å². The Labute approximate surface area is 98.7 Å². The molecule has 1 aliphatic heterocycles.